The van der Waals surface area contributed by atoms with Crippen molar-refractivity contribution in [1.82, 2.24) is 0 Å². The number of alkyl halides is 7. The Morgan fingerprint density at radius 2 is 1.45 bits per heavy atom. The monoisotopic (exact) mass is 332 g/mol. The van der Waals surface area contributed by atoms with E-state index in [9.17, 15) is 45.4 Å². The van der Waals surface area contributed by atoms with E-state index < -0.39 is 41.1 Å². The summed E-state index contributed by atoms with van der Waals surface area (Å²) in [6, 6.07) is 3.60. The number of amides is 1. The molecule has 0 aromatic heterocycles. The topological polar surface area (TPSA) is 69.2 Å². The molecule has 0 atom stereocenters. The smallest absolute Gasteiger partial charge is 0.460 e. The van der Waals surface area contributed by atoms with Crippen LogP contribution in [0.4, 0.5) is 36.4 Å². The van der Waals surface area contributed by atoms with E-state index in [0.29, 0.717) is 6.07 Å². The summed E-state index contributed by atoms with van der Waals surface area (Å²) in [6.07, 6.45) is -6.68. The van der Waals surface area contributed by atoms with Gasteiger partial charge in [0.2, 0.25) is 0 Å². The van der Waals surface area contributed by atoms with Crippen LogP contribution < -0.4 is 10.4 Å². The van der Waals surface area contributed by atoms with E-state index >= 15 is 0 Å². The van der Waals surface area contributed by atoms with Gasteiger partial charge in [0.05, 0.1) is 5.97 Å². The molecule has 1 amide bonds. The second-order valence-corrected chi connectivity index (χ2v) is 3.93. The molecule has 0 saturated carbocycles. The third-order valence-corrected chi connectivity index (χ3v) is 2.43. The molecule has 0 radical (unpaired) electrons. The molecule has 0 bridgehead atoms. The maximum Gasteiger partial charge on any atom is 0.460 e. The Morgan fingerprint density at radius 1 is 0.955 bits per heavy atom. The molecule has 1 N–H and O–H groups in total. The summed E-state index contributed by atoms with van der Waals surface area (Å²) in [5.41, 5.74) is -1.79. The summed E-state index contributed by atoms with van der Waals surface area (Å²) < 4.78 is 87.2. The van der Waals surface area contributed by atoms with Crippen LogP contribution in [0, 0.1) is 0 Å². The molecule has 122 valence electrons. The number of benzene rings is 1. The molecule has 1 rings (SSSR count). The fraction of sp³-hybridized carbons (Fsp3) is 0.273. The number of carbonyl (C=O) groups excluding carboxylic acids is 2. The van der Waals surface area contributed by atoms with Crippen LogP contribution in [0.25, 0.3) is 0 Å². The molecule has 4 nitrogen and oxygen atoms in total. The summed E-state index contributed by atoms with van der Waals surface area (Å²) in [7, 11) is 0. The highest BCUT2D eigenvalue weighted by Crippen LogP contribution is 2.46. The van der Waals surface area contributed by atoms with Gasteiger partial charge in [0, 0.05) is 11.3 Å². The van der Waals surface area contributed by atoms with Gasteiger partial charge in [-0.1, -0.05) is 18.2 Å². The largest absolute Gasteiger partial charge is 0.545 e. The standard InChI is InChI=1S/C11H6F7NO3/c12-9(13,10(14,15)11(16,17)18)8(22)19-6-4-2-1-3-5(6)7(20)21/h1-4H,(H,19,22)(H,20,21)/p-1. The Hall–Kier alpha value is -2.33. The minimum Gasteiger partial charge on any atom is -0.545 e. The molecule has 0 aliphatic carbocycles. The normalized spacial score (nSPS) is 12.9. The van der Waals surface area contributed by atoms with Crippen molar-refractivity contribution >= 4 is 17.6 Å². The molecule has 0 aliphatic heterocycles. The maximum atomic E-state index is 13.1. The molecule has 22 heavy (non-hydrogen) atoms. The highest BCUT2D eigenvalue weighted by atomic mass is 19.4. The zero-order valence-electron chi connectivity index (χ0n) is 10.2. The van der Waals surface area contributed by atoms with Crippen LogP contribution in [-0.4, -0.2) is 29.9 Å². The van der Waals surface area contributed by atoms with Crippen LogP contribution >= 0.6 is 0 Å². The van der Waals surface area contributed by atoms with E-state index in [1.165, 1.54) is 0 Å². The Balaban J connectivity index is 3.15. The zero-order valence-corrected chi connectivity index (χ0v) is 10.2. The number of carbonyl (C=O) groups is 2. The molecule has 0 saturated heterocycles. The third-order valence-electron chi connectivity index (χ3n) is 2.43. The van der Waals surface area contributed by atoms with Gasteiger partial charge in [-0.25, -0.2) is 0 Å². The van der Waals surface area contributed by atoms with Gasteiger partial charge in [-0.2, -0.15) is 30.7 Å². The Bertz CT molecular complexity index is 598. The van der Waals surface area contributed by atoms with Gasteiger partial charge >= 0.3 is 23.9 Å². The van der Waals surface area contributed by atoms with Crippen molar-refractivity contribution in [2.24, 2.45) is 0 Å². The van der Waals surface area contributed by atoms with Gasteiger partial charge in [0.15, 0.2) is 0 Å². The number of anilines is 1. The quantitative estimate of drug-likeness (QED) is 0.855. The predicted molar refractivity (Wildman–Crippen MR) is 55.4 cm³/mol. The number of hydrogen-bond donors (Lipinski definition) is 1. The Labute approximate surface area is 117 Å². The minimum atomic E-state index is -6.68. The van der Waals surface area contributed by atoms with Gasteiger partial charge in [-0.05, 0) is 6.07 Å². The van der Waals surface area contributed by atoms with Crippen LogP contribution in [0.15, 0.2) is 24.3 Å². The highest BCUT2D eigenvalue weighted by molar-refractivity contribution is 6.02. The molecule has 0 spiro atoms. The SMILES string of the molecule is O=C([O-])c1ccccc1NC(=O)C(F)(F)C(F)(F)C(F)(F)F. The molecular weight excluding hydrogens is 327 g/mol. The van der Waals surface area contributed by atoms with Gasteiger partial charge < -0.3 is 15.2 Å². The summed E-state index contributed by atoms with van der Waals surface area (Å²) >= 11 is 0. The lowest BCUT2D eigenvalue weighted by Crippen LogP contribution is -2.57. The van der Waals surface area contributed by atoms with Gasteiger partial charge in [-0.3, -0.25) is 4.79 Å². The first-order valence-electron chi connectivity index (χ1n) is 5.26. The number of halogens is 7. The number of para-hydroxylation sites is 1. The predicted octanol–water partition coefficient (Wildman–Crippen LogP) is 1.82. The van der Waals surface area contributed by atoms with Crippen molar-refractivity contribution in [2.45, 2.75) is 18.0 Å². The maximum absolute atomic E-state index is 13.1. The number of rotatable bonds is 4. The first-order chi connectivity index (χ1) is 9.82. The molecule has 0 aliphatic rings. The van der Waals surface area contributed by atoms with Crippen molar-refractivity contribution < 1.29 is 45.4 Å². The number of carboxylic acid groups (broad SMARTS) is 1. The van der Waals surface area contributed by atoms with Crippen LogP contribution in [0.3, 0.4) is 0 Å². The van der Waals surface area contributed by atoms with Crippen molar-refractivity contribution in [3.05, 3.63) is 29.8 Å². The minimum absolute atomic E-state index is 0.713. The molecule has 1 aromatic rings. The van der Waals surface area contributed by atoms with Gasteiger partial charge in [-0.15, -0.1) is 0 Å². The van der Waals surface area contributed by atoms with E-state index in [-0.39, 0.29) is 0 Å². The number of aromatic carboxylic acids is 1. The fourth-order valence-corrected chi connectivity index (χ4v) is 1.29. The summed E-state index contributed by atoms with van der Waals surface area (Å²) in [5, 5.41) is 11.7. The van der Waals surface area contributed by atoms with Crippen LogP contribution in [-0.2, 0) is 4.79 Å². The van der Waals surface area contributed by atoms with Crippen LogP contribution in [0.5, 0.6) is 0 Å². The van der Waals surface area contributed by atoms with Gasteiger partial charge in [0.1, 0.15) is 0 Å². The summed E-state index contributed by atoms with van der Waals surface area (Å²) in [4.78, 5) is 21.7. The number of carboxylic acids is 1. The van der Waals surface area contributed by atoms with Crippen molar-refractivity contribution in [3.8, 4) is 0 Å². The first kappa shape index (κ1) is 17.7. The Morgan fingerprint density at radius 3 is 1.91 bits per heavy atom. The lowest BCUT2D eigenvalue weighted by Gasteiger charge is -2.27. The fourth-order valence-electron chi connectivity index (χ4n) is 1.29. The number of hydrogen-bond acceptors (Lipinski definition) is 3. The number of nitrogens with one attached hydrogen (secondary N) is 1. The average Bonchev–Trinajstić information content (AvgIpc) is 2.37. The van der Waals surface area contributed by atoms with Crippen molar-refractivity contribution in [2.75, 3.05) is 5.32 Å². The summed E-state index contributed by atoms with van der Waals surface area (Å²) in [6.45, 7) is 0. The zero-order chi connectivity index (χ0) is 17.3. The second-order valence-electron chi connectivity index (χ2n) is 3.93. The summed E-state index contributed by atoms with van der Waals surface area (Å²) in [5.74, 6) is -17.8. The lowest BCUT2D eigenvalue weighted by atomic mass is 10.1. The van der Waals surface area contributed by atoms with E-state index in [4.69, 9.17) is 0 Å². The van der Waals surface area contributed by atoms with Crippen LogP contribution in [0.1, 0.15) is 10.4 Å². The molecule has 0 fully saturated rings. The van der Waals surface area contributed by atoms with E-state index in [1.54, 1.807) is 0 Å². The van der Waals surface area contributed by atoms with E-state index in [1.807, 2.05) is 0 Å². The lowest BCUT2D eigenvalue weighted by molar-refractivity contribution is -0.343. The average molecular weight is 332 g/mol. The van der Waals surface area contributed by atoms with Crippen molar-refractivity contribution in [3.63, 3.8) is 0 Å². The molecule has 0 unspecified atom stereocenters. The molecule has 0 heterocycles. The highest BCUT2D eigenvalue weighted by Gasteiger charge is 2.76. The van der Waals surface area contributed by atoms with E-state index in [0.717, 1.165) is 23.5 Å². The van der Waals surface area contributed by atoms with Gasteiger partial charge in [0.25, 0.3) is 0 Å². The molecule has 1 aromatic carbocycles. The Kier molecular flexibility index (Phi) is 4.40. The second kappa shape index (κ2) is 5.46. The van der Waals surface area contributed by atoms with Crippen LogP contribution in [0.2, 0.25) is 0 Å². The van der Waals surface area contributed by atoms with Crippen molar-refractivity contribution in [1.29, 1.82) is 0 Å². The first-order valence-corrected chi connectivity index (χ1v) is 5.26. The molecule has 11 heteroatoms. The third kappa shape index (κ3) is 2.97. The van der Waals surface area contributed by atoms with E-state index in [2.05, 4.69) is 0 Å². The molecular formula is C11H5F7NO3-.